The lowest BCUT2D eigenvalue weighted by Crippen LogP contribution is -2.44. The fourth-order valence-electron chi connectivity index (χ4n) is 3.70. The van der Waals surface area contributed by atoms with Gasteiger partial charge < -0.3 is 24.4 Å². The van der Waals surface area contributed by atoms with E-state index in [9.17, 15) is 18.3 Å². The summed E-state index contributed by atoms with van der Waals surface area (Å²) in [4.78, 5) is 20.8. The molecule has 1 heterocycles. The monoisotopic (exact) mass is 562 g/mol. The zero-order chi connectivity index (χ0) is 27.9. The number of anilines is 2. The number of sulfonamides is 1. The van der Waals surface area contributed by atoms with E-state index in [1.165, 1.54) is 37.3 Å². The molecule has 0 bridgehead atoms. The number of carbonyl (C=O) groups excluding carboxylic acids is 1. The zero-order valence-electron chi connectivity index (χ0n) is 21.7. The predicted molar refractivity (Wildman–Crippen MR) is 147 cm³/mol. The second-order valence-corrected chi connectivity index (χ2v) is 10.7. The van der Waals surface area contributed by atoms with E-state index in [1.807, 2.05) is 0 Å². The highest BCUT2D eigenvalue weighted by Crippen LogP contribution is 2.36. The van der Waals surface area contributed by atoms with Gasteiger partial charge in [0, 0.05) is 38.6 Å². The first-order chi connectivity index (χ1) is 18.1. The zero-order valence-corrected chi connectivity index (χ0v) is 23.2. The van der Waals surface area contributed by atoms with Crippen LogP contribution in [-0.2, 0) is 21.4 Å². The number of methoxy groups -OCH3 is 2. The Morgan fingerprint density at radius 3 is 2.37 bits per heavy atom. The van der Waals surface area contributed by atoms with Crippen molar-refractivity contribution in [1.82, 2.24) is 9.88 Å². The molecular formula is C26H31ClN4O6S. The van der Waals surface area contributed by atoms with Crippen LogP contribution in [0.2, 0.25) is 5.02 Å². The Kier molecular flexibility index (Phi) is 9.78. The summed E-state index contributed by atoms with van der Waals surface area (Å²) < 4.78 is 39.6. The van der Waals surface area contributed by atoms with Crippen molar-refractivity contribution in [3.8, 4) is 11.5 Å². The van der Waals surface area contributed by atoms with Crippen LogP contribution < -0.4 is 18.7 Å². The molecule has 0 saturated carbocycles. The Morgan fingerprint density at radius 2 is 1.76 bits per heavy atom. The summed E-state index contributed by atoms with van der Waals surface area (Å²) in [6, 6.07) is 14.4. The van der Waals surface area contributed by atoms with Gasteiger partial charge in [-0.25, -0.2) is 8.42 Å². The molecule has 204 valence electrons. The number of ether oxygens (including phenoxy) is 2. The van der Waals surface area contributed by atoms with Crippen LogP contribution >= 0.6 is 11.6 Å². The quantitative estimate of drug-likeness (QED) is 0.358. The van der Waals surface area contributed by atoms with Crippen molar-refractivity contribution in [2.45, 2.75) is 11.4 Å². The van der Waals surface area contributed by atoms with Gasteiger partial charge in [-0.1, -0.05) is 17.7 Å². The van der Waals surface area contributed by atoms with Gasteiger partial charge >= 0.3 is 0 Å². The maximum absolute atomic E-state index is 14.0. The number of aliphatic hydroxyl groups is 1. The Bertz CT molecular complexity index is 1360. The number of benzene rings is 2. The molecule has 0 aliphatic rings. The Balaban J connectivity index is 2.10. The van der Waals surface area contributed by atoms with Gasteiger partial charge in [0.15, 0.2) is 11.5 Å². The van der Waals surface area contributed by atoms with Gasteiger partial charge in [0.1, 0.15) is 6.54 Å². The van der Waals surface area contributed by atoms with Crippen LogP contribution in [0, 0.1) is 0 Å². The summed E-state index contributed by atoms with van der Waals surface area (Å²) in [5, 5.41) is 9.75. The third kappa shape index (κ3) is 6.66. The Hall–Kier alpha value is -3.54. The fourth-order valence-corrected chi connectivity index (χ4v) is 5.41. The number of hydrogen-bond donors (Lipinski definition) is 1. The van der Waals surface area contributed by atoms with Crippen molar-refractivity contribution >= 4 is 38.9 Å². The average Bonchev–Trinajstić information content (AvgIpc) is 2.91. The van der Waals surface area contributed by atoms with Crippen molar-refractivity contribution in [3.63, 3.8) is 0 Å². The molecule has 0 saturated heterocycles. The second kappa shape index (κ2) is 12.8. The van der Waals surface area contributed by atoms with Crippen LogP contribution in [0.1, 0.15) is 5.69 Å². The van der Waals surface area contributed by atoms with Crippen LogP contribution in [0.15, 0.2) is 65.7 Å². The van der Waals surface area contributed by atoms with E-state index in [1.54, 1.807) is 61.6 Å². The number of amides is 1. The van der Waals surface area contributed by atoms with Crippen molar-refractivity contribution in [2.75, 3.05) is 57.2 Å². The number of carbonyl (C=O) groups is 1. The fraction of sp³-hybridized carbons (Fsp3) is 0.308. The van der Waals surface area contributed by atoms with E-state index in [-0.39, 0.29) is 41.1 Å². The smallest absolute Gasteiger partial charge is 0.264 e. The first-order valence-corrected chi connectivity index (χ1v) is 13.4. The normalized spacial score (nSPS) is 11.1. The number of nitrogens with zero attached hydrogens (tertiary/aromatic N) is 4. The minimum Gasteiger partial charge on any atom is -0.493 e. The van der Waals surface area contributed by atoms with E-state index in [0.29, 0.717) is 17.1 Å². The van der Waals surface area contributed by atoms with Crippen molar-refractivity contribution in [3.05, 3.63) is 71.5 Å². The summed E-state index contributed by atoms with van der Waals surface area (Å²) in [7, 11) is 2.14. The summed E-state index contributed by atoms with van der Waals surface area (Å²) in [5.74, 6) is 0.0244. The predicted octanol–water partition coefficient (Wildman–Crippen LogP) is 3.03. The molecule has 0 aliphatic heterocycles. The van der Waals surface area contributed by atoms with Gasteiger partial charge in [-0.15, -0.1) is 0 Å². The Labute approximate surface area is 228 Å². The molecule has 0 radical (unpaired) electrons. The average molecular weight is 563 g/mol. The van der Waals surface area contributed by atoms with Gasteiger partial charge in [-0.3, -0.25) is 14.1 Å². The lowest BCUT2D eigenvalue weighted by molar-refractivity contribution is -0.130. The summed E-state index contributed by atoms with van der Waals surface area (Å²) >= 11 is 6.51. The lowest BCUT2D eigenvalue weighted by Gasteiger charge is -2.29. The first kappa shape index (κ1) is 29.0. The summed E-state index contributed by atoms with van der Waals surface area (Å²) in [6.45, 7) is -0.793. The van der Waals surface area contributed by atoms with Gasteiger partial charge in [-0.05, 0) is 42.5 Å². The molecule has 1 amide bonds. The van der Waals surface area contributed by atoms with E-state index in [4.69, 9.17) is 21.1 Å². The van der Waals surface area contributed by atoms with Crippen molar-refractivity contribution in [1.29, 1.82) is 0 Å². The standard InChI is InChI=1S/C26H31ClN4O6S/c1-29(2)20-8-10-22(27)23(15-20)31(38(34,35)21-9-11-24(36-3)25(16-21)37-4)18-26(33)30(13-14-32)17-19-7-5-6-12-28-19/h5-12,15-16,32H,13-14,17-18H2,1-4H3. The summed E-state index contributed by atoms with van der Waals surface area (Å²) in [6.07, 6.45) is 1.59. The molecule has 10 nitrogen and oxygen atoms in total. The molecule has 0 fully saturated rings. The molecule has 38 heavy (non-hydrogen) atoms. The maximum Gasteiger partial charge on any atom is 0.264 e. The molecule has 3 rings (SSSR count). The molecule has 0 unspecified atom stereocenters. The second-order valence-electron chi connectivity index (χ2n) is 8.42. The van der Waals surface area contributed by atoms with Crippen LogP contribution in [0.5, 0.6) is 11.5 Å². The minimum atomic E-state index is -4.32. The third-order valence-corrected chi connectivity index (χ3v) is 7.81. The van der Waals surface area contributed by atoms with E-state index < -0.39 is 22.5 Å². The van der Waals surface area contributed by atoms with Gasteiger partial charge in [0.05, 0.1) is 48.7 Å². The molecule has 2 aromatic carbocycles. The highest BCUT2D eigenvalue weighted by molar-refractivity contribution is 7.92. The van der Waals surface area contributed by atoms with E-state index in [0.717, 1.165) is 4.31 Å². The number of hydrogen-bond acceptors (Lipinski definition) is 8. The van der Waals surface area contributed by atoms with Crippen molar-refractivity contribution in [2.24, 2.45) is 0 Å². The molecule has 12 heteroatoms. The van der Waals surface area contributed by atoms with Gasteiger partial charge in [0.2, 0.25) is 5.91 Å². The van der Waals surface area contributed by atoms with Crippen LogP contribution in [0.25, 0.3) is 0 Å². The molecular weight excluding hydrogens is 532 g/mol. The SMILES string of the molecule is COc1ccc(S(=O)(=O)N(CC(=O)N(CCO)Cc2ccccn2)c2cc(N(C)C)ccc2Cl)cc1OC. The third-order valence-electron chi connectivity index (χ3n) is 5.74. The number of aliphatic hydroxyl groups excluding tert-OH is 1. The first-order valence-electron chi connectivity index (χ1n) is 11.6. The van der Waals surface area contributed by atoms with Crippen LogP contribution in [0.3, 0.4) is 0 Å². The molecule has 3 aromatic rings. The van der Waals surface area contributed by atoms with Crippen LogP contribution in [-0.4, -0.2) is 77.3 Å². The number of aromatic nitrogens is 1. The van der Waals surface area contributed by atoms with Gasteiger partial charge in [-0.2, -0.15) is 0 Å². The highest BCUT2D eigenvalue weighted by atomic mass is 35.5. The molecule has 0 aliphatic carbocycles. The van der Waals surface area contributed by atoms with E-state index >= 15 is 0 Å². The number of pyridine rings is 1. The number of halogens is 1. The number of rotatable bonds is 12. The molecule has 1 aromatic heterocycles. The van der Waals surface area contributed by atoms with Gasteiger partial charge in [0.25, 0.3) is 10.0 Å². The molecule has 0 atom stereocenters. The van der Waals surface area contributed by atoms with E-state index in [2.05, 4.69) is 4.98 Å². The highest BCUT2D eigenvalue weighted by Gasteiger charge is 2.31. The lowest BCUT2D eigenvalue weighted by atomic mass is 10.2. The summed E-state index contributed by atoms with van der Waals surface area (Å²) in [5.41, 5.74) is 1.41. The topological polar surface area (TPSA) is 113 Å². The van der Waals surface area contributed by atoms with Crippen LogP contribution in [0.4, 0.5) is 11.4 Å². The maximum atomic E-state index is 14.0. The largest absolute Gasteiger partial charge is 0.493 e. The van der Waals surface area contributed by atoms with Crippen molar-refractivity contribution < 1.29 is 27.8 Å². The molecule has 1 N–H and O–H groups in total. The Morgan fingerprint density at radius 1 is 1.03 bits per heavy atom. The molecule has 0 spiro atoms. The minimum absolute atomic E-state index is 0.00881.